The fraction of sp³-hybridized carbons (Fsp3) is 0.923. The molecule has 16 heavy (non-hydrogen) atoms. The van der Waals surface area contributed by atoms with E-state index >= 15 is 0 Å². The van der Waals surface area contributed by atoms with E-state index in [9.17, 15) is 4.79 Å². The molecule has 3 unspecified atom stereocenters. The molecule has 1 saturated carbocycles. The molecule has 0 spiro atoms. The van der Waals surface area contributed by atoms with Crippen LogP contribution in [-0.4, -0.2) is 17.3 Å². The van der Waals surface area contributed by atoms with Crippen molar-refractivity contribution in [3.05, 3.63) is 0 Å². The van der Waals surface area contributed by atoms with Gasteiger partial charge in [0.25, 0.3) is 0 Å². The first kappa shape index (κ1) is 14.0. The van der Waals surface area contributed by atoms with Crippen LogP contribution in [0.2, 0.25) is 0 Å². The van der Waals surface area contributed by atoms with Gasteiger partial charge in [-0.25, -0.2) is 0 Å². The number of alkyl halides is 1. The normalized spacial score (nSPS) is 27.4. The molecule has 0 heterocycles. The van der Waals surface area contributed by atoms with Crippen molar-refractivity contribution in [1.82, 2.24) is 5.32 Å². The Morgan fingerprint density at radius 1 is 1.50 bits per heavy atom. The van der Waals surface area contributed by atoms with E-state index < -0.39 is 0 Å². The molecular formula is C13H24BrNO. The molecule has 3 heteroatoms. The first-order chi connectivity index (χ1) is 7.63. The van der Waals surface area contributed by atoms with Crippen LogP contribution in [0.1, 0.15) is 52.4 Å². The lowest BCUT2D eigenvalue weighted by Crippen LogP contribution is -2.35. The molecular weight excluding hydrogens is 266 g/mol. The highest BCUT2D eigenvalue weighted by Gasteiger charge is 2.21. The van der Waals surface area contributed by atoms with Crippen molar-refractivity contribution in [1.29, 1.82) is 0 Å². The van der Waals surface area contributed by atoms with E-state index in [4.69, 9.17) is 0 Å². The fourth-order valence-corrected chi connectivity index (χ4v) is 3.25. The van der Waals surface area contributed by atoms with Crippen molar-refractivity contribution in [2.75, 3.05) is 6.54 Å². The summed E-state index contributed by atoms with van der Waals surface area (Å²) in [6, 6.07) is 0. The maximum Gasteiger partial charge on any atom is 0.222 e. The number of amides is 1. The Morgan fingerprint density at radius 2 is 2.25 bits per heavy atom. The summed E-state index contributed by atoms with van der Waals surface area (Å²) in [6.07, 6.45) is 7.14. The van der Waals surface area contributed by atoms with Crippen LogP contribution in [0.25, 0.3) is 0 Å². The molecule has 94 valence electrons. The largest absolute Gasteiger partial charge is 0.356 e. The molecule has 1 rings (SSSR count). The lowest BCUT2D eigenvalue weighted by atomic mass is 9.89. The molecule has 3 atom stereocenters. The Labute approximate surface area is 108 Å². The lowest BCUT2D eigenvalue weighted by Gasteiger charge is -2.26. The van der Waals surface area contributed by atoms with Crippen molar-refractivity contribution < 1.29 is 4.79 Å². The van der Waals surface area contributed by atoms with Gasteiger partial charge in [-0.05, 0) is 31.6 Å². The third-order valence-electron chi connectivity index (χ3n) is 3.45. The molecule has 0 aliphatic heterocycles. The summed E-state index contributed by atoms with van der Waals surface area (Å²) in [4.78, 5) is 12.4. The van der Waals surface area contributed by atoms with Crippen LogP contribution in [0.5, 0.6) is 0 Å². The zero-order valence-corrected chi connectivity index (χ0v) is 12.1. The zero-order valence-electron chi connectivity index (χ0n) is 10.5. The van der Waals surface area contributed by atoms with E-state index in [-0.39, 0.29) is 11.8 Å². The Morgan fingerprint density at radius 3 is 2.88 bits per heavy atom. The van der Waals surface area contributed by atoms with Crippen LogP contribution < -0.4 is 5.32 Å². The number of carbonyl (C=O) groups excluding carboxylic acids is 1. The van der Waals surface area contributed by atoms with Crippen LogP contribution in [-0.2, 0) is 4.79 Å². The Hall–Kier alpha value is -0.0500. The van der Waals surface area contributed by atoms with E-state index in [1.165, 1.54) is 25.7 Å². The van der Waals surface area contributed by atoms with Crippen LogP contribution in [0.15, 0.2) is 0 Å². The van der Waals surface area contributed by atoms with Crippen LogP contribution in [0, 0.1) is 11.8 Å². The highest BCUT2D eigenvalue weighted by atomic mass is 79.9. The smallest absolute Gasteiger partial charge is 0.222 e. The van der Waals surface area contributed by atoms with Gasteiger partial charge in [-0.1, -0.05) is 42.6 Å². The second-order valence-corrected chi connectivity index (χ2v) is 6.36. The summed E-state index contributed by atoms with van der Waals surface area (Å²) in [5, 5.41) is 3.10. The van der Waals surface area contributed by atoms with E-state index in [2.05, 4.69) is 28.2 Å². The SMILES string of the molecule is CCCC(C)C(=O)NCC1CCCC(Br)C1. The molecule has 0 radical (unpaired) electrons. The topological polar surface area (TPSA) is 29.1 Å². The predicted molar refractivity (Wildman–Crippen MR) is 71.8 cm³/mol. The van der Waals surface area contributed by atoms with Gasteiger partial charge >= 0.3 is 0 Å². The van der Waals surface area contributed by atoms with E-state index in [0.717, 1.165) is 19.4 Å². The van der Waals surface area contributed by atoms with Gasteiger partial charge in [-0.2, -0.15) is 0 Å². The Balaban J connectivity index is 2.20. The van der Waals surface area contributed by atoms with Crippen molar-refractivity contribution in [2.45, 2.75) is 57.2 Å². The Bertz CT molecular complexity index is 220. The third kappa shape index (κ3) is 4.86. The zero-order chi connectivity index (χ0) is 12.0. The molecule has 2 nitrogen and oxygen atoms in total. The monoisotopic (exact) mass is 289 g/mol. The van der Waals surface area contributed by atoms with Gasteiger partial charge in [-0.15, -0.1) is 0 Å². The number of rotatable bonds is 5. The third-order valence-corrected chi connectivity index (χ3v) is 4.28. The lowest BCUT2D eigenvalue weighted by molar-refractivity contribution is -0.124. The maximum atomic E-state index is 11.7. The van der Waals surface area contributed by atoms with E-state index in [1.54, 1.807) is 0 Å². The first-order valence-corrected chi connectivity index (χ1v) is 7.46. The second kappa shape index (κ2) is 7.31. The summed E-state index contributed by atoms with van der Waals surface area (Å²) < 4.78 is 0. The van der Waals surface area contributed by atoms with Gasteiger partial charge in [0.15, 0.2) is 0 Å². The summed E-state index contributed by atoms with van der Waals surface area (Å²) in [6.45, 7) is 5.02. The predicted octanol–water partition coefficient (Wildman–Crippen LogP) is 3.49. The molecule has 0 saturated heterocycles. The van der Waals surface area contributed by atoms with Gasteiger partial charge in [0.1, 0.15) is 0 Å². The molecule has 1 aliphatic rings. The number of carbonyl (C=O) groups is 1. The van der Waals surface area contributed by atoms with Gasteiger partial charge in [0.05, 0.1) is 0 Å². The summed E-state index contributed by atoms with van der Waals surface area (Å²) >= 11 is 3.68. The van der Waals surface area contributed by atoms with Crippen LogP contribution in [0.3, 0.4) is 0 Å². The number of hydrogen-bond donors (Lipinski definition) is 1. The van der Waals surface area contributed by atoms with Crippen molar-refractivity contribution in [3.8, 4) is 0 Å². The molecule has 1 amide bonds. The number of nitrogens with one attached hydrogen (secondary N) is 1. The molecule has 1 N–H and O–H groups in total. The van der Waals surface area contributed by atoms with E-state index in [0.29, 0.717) is 10.7 Å². The quantitative estimate of drug-likeness (QED) is 0.772. The number of hydrogen-bond acceptors (Lipinski definition) is 1. The van der Waals surface area contributed by atoms with Crippen molar-refractivity contribution in [3.63, 3.8) is 0 Å². The van der Waals surface area contributed by atoms with Gasteiger partial charge in [-0.3, -0.25) is 4.79 Å². The molecule has 0 aromatic heterocycles. The van der Waals surface area contributed by atoms with Crippen LogP contribution in [0.4, 0.5) is 0 Å². The molecule has 0 bridgehead atoms. The number of halogens is 1. The van der Waals surface area contributed by atoms with Crippen molar-refractivity contribution in [2.24, 2.45) is 11.8 Å². The molecule has 0 aromatic carbocycles. The highest BCUT2D eigenvalue weighted by molar-refractivity contribution is 9.09. The average molecular weight is 290 g/mol. The standard InChI is InChI=1S/C13H24BrNO/c1-3-5-10(2)13(16)15-9-11-6-4-7-12(14)8-11/h10-12H,3-9H2,1-2H3,(H,15,16). The van der Waals surface area contributed by atoms with E-state index in [1.807, 2.05) is 6.92 Å². The molecule has 0 aromatic rings. The van der Waals surface area contributed by atoms with Gasteiger partial charge < -0.3 is 5.32 Å². The highest BCUT2D eigenvalue weighted by Crippen LogP contribution is 2.28. The minimum Gasteiger partial charge on any atom is -0.356 e. The molecule has 1 aliphatic carbocycles. The maximum absolute atomic E-state index is 11.7. The summed E-state index contributed by atoms with van der Waals surface area (Å²) in [7, 11) is 0. The molecule has 1 fully saturated rings. The van der Waals surface area contributed by atoms with Gasteiger partial charge in [0.2, 0.25) is 5.91 Å². The first-order valence-electron chi connectivity index (χ1n) is 6.55. The fourth-order valence-electron chi connectivity index (χ4n) is 2.39. The average Bonchev–Trinajstić information content (AvgIpc) is 2.26. The summed E-state index contributed by atoms with van der Waals surface area (Å²) in [5.74, 6) is 1.09. The van der Waals surface area contributed by atoms with Crippen molar-refractivity contribution >= 4 is 21.8 Å². The van der Waals surface area contributed by atoms with Gasteiger partial charge in [0, 0.05) is 17.3 Å². The minimum absolute atomic E-state index is 0.174. The second-order valence-electron chi connectivity index (χ2n) is 5.06. The van der Waals surface area contributed by atoms with Crippen LogP contribution >= 0.6 is 15.9 Å². The summed E-state index contributed by atoms with van der Waals surface area (Å²) in [5.41, 5.74) is 0. The minimum atomic E-state index is 0.174. The Kier molecular flexibility index (Phi) is 6.40.